The van der Waals surface area contributed by atoms with Crippen molar-refractivity contribution in [3.63, 3.8) is 0 Å². The fraction of sp³-hybridized carbons (Fsp3) is 0.250. The van der Waals surface area contributed by atoms with Crippen LogP contribution in [0.25, 0.3) is 20.2 Å². The van der Waals surface area contributed by atoms with Crippen LogP contribution in [0.4, 0.5) is 15.8 Å². The SMILES string of the molecule is Fc1ccccc1N(I)c1cccc2c1sc1c(C3CCCCC3)cccc12. The molecule has 5 rings (SSSR count). The van der Waals surface area contributed by atoms with Crippen LogP contribution in [-0.4, -0.2) is 0 Å². The highest BCUT2D eigenvalue weighted by molar-refractivity contribution is 14.1. The third-order valence-electron chi connectivity index (χ3n) is 5.85. The molecule has 1 aliphatic rings. The molecular formula is C24H21FINS. The molecule has 0 N–H and O–H groups in total. The molecule has 0 bridgehead atoms. The Morgan fingerprint density at radius 1 is 0.786 bits per heavy atom. The van der Waals surface area contributed by atoms with Crippen molar-refractivity contribution >= 4 is 65.7 Å². The first-order chi connectivity index (χ1) is 13.7. The van der Waals surface area contributed by atoms with Gasteiger partial charge in [0.1, 0.15) is 5.82 Å². The minimum absolute atomic E-state index is 0.196. The van der Waals surface area contributed by atoms with Gasteiger partial charge in [-0.3, -0.25) is 3.11 Å². The molecular weight excluding hydrogens is 480 g/mol. The fourth-order valence-corrected chi connectivity index (χ4v) is 6.81. The highest BCUT2D eigenvalue weighted by Crippen LogP contribution is 2.46. The zero-order valence-corrected chi connectivity index (χ0v) is 18.5. The van der Waals surface area contributed by atoms with E-state index >= 15 is 0 Å². The predicted molar refractivity (Wildman–Crippen MR) is 128 cm³/mol. The fourth-order valence-electron chi connectivity index (χ4n) is 4.46. The standard InChI is InChI=1S/C24H21FINS/c25-20-13-4-5-14-21(20)27(26)22-15-7-12-19-18-11-6-10-17(23(18)28-24(19)22)16-8-2-1-3-9-16/h4-7,10-16H,1-3,8-9H2. The summed E-state index contributed by atoms with van der Waals surface area (Å²) in [5.41, 5.74) is 3.16. The first-order valence-electron chi connectivity index (χ1n) is 9.88. The molecule has 0 radical (unpaired) electrons. The van der Waals surface area contributed by atoms with Crippen molar-refractivity contribution in [2.45, 2.75) is 38.0 Å². The first-order valence-corrected chi connectivity index (χ1v) is 11.7. The normalized spacial score (nSPS) is 15.4. The van der Waals surface area contributed by atoms with Crippen molar-refractivity contribution in [1.29, 1.82) is 0 Å². The van der Waals surface area contributed by atoms with Crippen LogP contribution < -0.4 is 3.11 Å². The number of para-hydroxylation sites is 1. The number of fused-ring (bicyclic) bond motifs is 3. The lowest BCUT2D eigenvalue weighted by molar-refractivity contribution is 0.446. The number of benzene rings is 3. The molecule has 0 atom stereocenters. The molecule has 28 heavy (non-hydrogen) atoms. The average Bonchev–Trinajstić information content (AvgIpc) is 3.13. The van der Waals surface area contributed by atoms with Crippen molar-refractivity contribution in [1.82, 2.24) is 0 Å². The van der Waals surface area contributed by atoms with E-state index in [2.05, 4.69) is 59.3 Å². The van der Waals surface area contributed by atoms with E-state index in [1.54, 1.807) is 6.07 Å². The molecule has 0 unspecified atom stereocenters. The molecule has 1 aliphatic carbocycles. The third kappa shape index (κ3) is 3.11. The van der Waals surface area contributed by atoms with E-state index in [9.17, 15) is 4.39 Å². The lowest BCUT2D eigenvalue weighted by Crippen LogP contribution is -2.04. The Kier molecular flexibility index (Phi) is 5.01. The van der Waals surface area contributed by atoms with Crippen LogP contribution >= 0.6 is 34.2 Å². The summed E-state index contributed by atoms with van der Waals surface area (Å²) in [6.07, 6.45) is 6.65. The van der Waals surface area contributed by atoms with Gasteiger partial charge < -0.3 is 0 Å². The van der Waals surface area contributed by atoms with Crippen LogP contribution in [0, 0.1) is 5.82 Å². The molecule has 0 aliphatic heterocycles. The molecule has 1 fully saturated rings. The van der Waals surface area contributed by atoms with E-state index in [0.29, 0.717) is 11.6 Å². The summed E-state index contributed by atoms with van der Waals surface area (Å²) in [6.45, 7) is 0. The summed E-state index contributed by atoms with van der Waals surface area (Å²) in [5.74, 6) is 0.481. The summed E-state index contributed by atoms with van der Waals surface area (Å²) in [5, 5.41) is 2.61. The quantitative estimate of drug-likeness (QED) is 0.200. The maximum Gasteiger partial charge on any atom is 0.147 e. The third-order valence-corrected chi connectivity index (χ3v) is 8.19. The van der Waals surface area contributed by atoms with Gasteiger partial charge in [0, 0.05) is 15.5 Å². The van der Waals surface area contributed by atoms with E-state index in [-0.39, 0.29) is 5.82 Å². The Morgan fingerprint density at radius 3 is 2.25 bits per heavy atom. The molecule has 3 aromatic carbocycles. The van der Waals surface area contributed by atoms with Gasteiger partial charge in [0.25, 0.3) is 0 Å². The van der Waals surface area contributed by atoms with Gasteiger partial charge >= 0.3 is 0 Å². The second kappa shape index (κ2) is 7.64. The van der Waals surface area contributed by atoms with Crippen LogP contribution in [0.5, 0.6) is 0 Å². The number of anilines is 2. The highest BCUT2D eigenvalue weighted by Gasteiger charge is 2.21. The second-order valence-electron chi connectivity index (χ2n) is 7.55. The first kappa shape index (κ1) is 18.4. The molecule has 4 heteroatoms. The maximum atomic E-state index is 14.4. The van der Waals surface area contributed by atoms with Crippen LogP contribution in [0.3, 0.4) is 0 Å². The summed E-state index contributed by atoms with van der Waals surface area (Å²) < 4.78 is 19.0. The molecule has 1 aromatic heterocycles. The van der Waals surface area contributed by atoms with E-state index in [4.69, 9.17) is 0 Å². The van der Waals surface area contributed by atoms with Gasteiger partial charge in [-0.05, 0) is 42.5 Å². The van der Waals surface area contributed by atoms with Gasteiger partial charge in [0.15, 0.2) is 0 Å². The average molecular weight is 501 g/mol. The molecule has 0 spiro atoms. The Balaban J connectivity index is 1.69. The summed E-state index contributed by atoms with van der Waals surface area (Å²) in [7, 11) is 0. The zero-order valence-electron chi connectivity index (χ0n) is 15.5. The van der Waals surface area contributed by atoms with Crippen molar-refractivity contribution in [2.75, 3.05) is 3.11 Å². The lowest BCUT2D eigenvalue weighted by atomic mass is 9.84. The summed E-state index contributed by atoms with van der Waals surface area (Å²) in [4.78, 5) is 0. The monoisotopic (exact) mass is 501 g/mol. The van der Waals surface area contributed by atoms with Crippen molar-refractivity contribution in [3.05, 3.63) is 72.0 Å². The number of thiophene rings is 1. The molecule has 1 heterocycles. The predicted octanol–water partition coefficient (Wildman–Crippen LogP) is 8.73. The van der Waals surface area contributed by atoms with Crippen molar-refractivity contribution in [3.8, 4) is 0 Å². The van der Waals surface area contributed by atoms with Crippen LogP contribution in [0.1, 0.15) is 43.6 Å². The molecule has 0 saturated heterocycles. The van der Waals surface area contributed by atoms with Gasteiger partial charge in [-0.2, -0.15) is 0 Å². The smallest absolute Gasteiger partial charge is 0.147 e. The van der Waals surface area contributed by atoms with Gasteiger partial charge in [0.05, 0.1) is 38.9 Å². The van der Waals surface area contributed by atoms with Crippen molar-refractivity contribution in [2.24, 2.45) is 0 Å². The molecule has 4 aromatic rings. The Labute approximate surface area is 182 Å². The Bertz CT molecular complexity index is 1150. The number of nitrogens with zero attached hydrogens (tertiary/aromatic N) is 1. The lowest BCUT2D eigenvalue weighted by Gasteiger charge is -2.22. The Morgan fingerprint density at radius 2 is 1.46 bits per heavy atom. The molecule has 1 nitrogen and oxygen atoms in total. The zero-order chi connectivity index (χ0) is 19.1. The number of halogens is 2. The number of rotatable bonds is 3. The van der Waals surface area contributed by atoms with Gasteiger partial charge in [-0.1, -0.05) is 61.7 Å². The Hall–Kier alpha value is -1.66. The largest absolute Gasteiger partial charge is 0.279 e. The van der Waals surface area contributed by atoms with E-state index in [0.717, 1.165) is 5.69 Å². The topological polar surface area (TPSA) is 3.24 Å². The van der Waals surface area contributed by atoms with Crippen LogP contribution in [0.15, 0.2) is 60.7 Å². The van der Waals surface area contributed by atoms with E-state index < -0.39 is 0 Å². The maximum absolute atomic E-state index is 14.4. The van der Waals surface area contributed by atoms with Gasteiger partial charge in [-0.25, -0.2) is 4.39 Å². The van der Waals surface area contributed by atoms with Gasteiger partial charge in [-0.15, -0.1) is 11.3 Å². The van der Waals surface area contributed by atoms with Crippen molar-refractivity contribution < 1.29 is 4.39 Å². The van der Waals surface area contributed by atoms with E-state index in [1.165, 1.54) is 63.9 Å². The minimum atomic E-state index is -0.196. The number of hydrogen-bond donors (Lipinski definition) is 0. The molecule has 0 amide bonds. The van der Waals surface area contributed by atoms with E-state index in [1.807, 2.05) is 26.6 Å². The summed E-state index contributed by atoms with van der Waals surface area (Å²) in [6, 6.07) is 20.1. The molecule has 142 valence electrons. The second-order valence-corrected chi connectivity index (χ2v) is 9.53. The van der Waals surface area contributed by atoms with Crippen LogP contribution in [0.2, 0.25) is 0 Å². The van der Waals surface area contributed by atoms with Crippen LogP contribution in [-0.2, 0) is 0 Å². The highest BCUT2D eigenvalue weighted by atomic mass is 127. The minimum Gasteiger partial charge on any atom is -0.279 e. The molecule has 1 saturated carbocycles. The van der Waals surface area contributed by atoms with Gasteiger partial charge in [0.2, 0.25) is 0 Å². The number of hydrogen-bond acceptors (Lipinski definition) is 2. The summed E-state index contributed by atoms with van der Waals surface area (Å²) >= 11 is 4.09.